The molecule has 1 amide bonds. The molecule has 6 nitrogen and oxygen atoms in total. The van der Waals surface area contributed by atoms with Crippen molar-refractivity contribution in [1.29, 1.82) is 0 Å². The first kappa shape index (κ1) is 22.7. The van der Waals surface area contributed by atoms with Gasteiger partial charge in [-0.1, -0.05) is 17.7 Å². The molecule has 1 unspecified atom stereocenters. The SMILES string of the molecule is CC1(C)C(N)=N[C@](C)(c2sc(C(=O)Nc3cccc(C(F)(F)F)n3)cc2Cl)CS1=O. The van der Waals surface area contributed by atoms with Crippen molar-refractivity contribution < 1.29 is 22.2 Å². The summed E-state index contributed by atoms with van der Waals surface area (Å²) in [6, 6.07) is 4.60. The molecule has 1 aliphatic rings. The molecule has 0 bridgehead atoms. The van der Waals surface area contributed by atoms with Crippen molar-refractivity contribution in [2.24, 2.45) is 10.7 Å². The van der Waals surface area contributed by atoms with Crippen LogP contribution in [0.15, 0.2) is 29.3 Å². The van der Waals surface area contributed by atoms with Gasteiger partial charge >= 0.3 is 6.18 Å². The monoisotopic (exact) mass is 478 g/mol. The number of anilines is 1. The van der Waals surface area contributed by atoms with Crippen LogP contribution in [-0.4, -0.2) is 31.4 Å². The van der Waals surface area contributed by atoms with Gasteiger partial charge in [0.15, 0.2) is 0 Å². The second-order valence-corrected chi connectivity index (χ2v) is 10.9. The Morgan fingerprint density at radius 2 is 2.00 bits per heavy atom. The highest BCUT2D eigenvalue weighted by molar-refractivity contribution is 7.87. The van der Waals surface area contributed by atoms with Crippen LogP contribution in [0.4, 0.5) is 19.0 Å². The number of nitrogens with one attached hydrogen (secondary N) is 1. The van der Waals surface area contributed by atoms with Crippen molar-refractivity contribution in [2.75, 3.05) is 11.1 Å². The first-order valence-corrected chi connectivity index (χ1v) is 11.1. The first-order chi connectivity index (χ1) is 13.7. The van der Waals surface area contributed by atoms with Gasteiger partial charge in [-0.05, 0) is 39.0 Å². The number of carbonyl (C=O) groups excluding carboxylic acids is 1. The maximum Gasteiger partial charge on any atom is 0.433 e. The number of alkyl halides is 3. The molecule has 0 fully saturated rings. The number of amidine groups is 1. The maximum atomic E-state index is 12.8. The molecule has 0 saturated heterocycles. The van der Waals surface area contributed by atoms with Crippen molar-refractivity contribution >= 4 is 51.3 Å². The van der Waals surface area contributed by atoms with E-state index in [2.05, 4.69) is 15.3 Å². The fraction of sp³-hybridized carbons (Fsp3) is 0.389. The maximum absolute atomic E-state index is 12.8. The summed E-state index contributed by atoms with van der Waals surface area (Å²) in [5.41, 5.74) is 3.92. The number of nitrogens with two attached hydrogens (primary N) is 1. The van der Waals surface area contributed by atoms with Crippen LogP contribution in [0.1, 0.15) is 41.0 Å². The van der Waals surface area contributed by atoms with E-state index in [1.165, 1.54) is 12.1 Å². The lowest BCUT2D eigenvalue weighted by Crippen LogP contribution is -2.51. The lowest BCUT2D eigenvalue weighted by molar-refractivity contribution is -0.141. The van der Waals surface area contributed by atoms with E-state index in [0.29, 0.717) is 4.88 Å². The van der Waals surface area contributed by atoms with Gasteiger partial charge in [-0.2, -0.15) is 13.2 Å². The third kappa shape index (κ3) is 4.23. The Morgan fingerprint density at radius 3 is 2.60 bits per heavy atom. The number of hydrogen-bond donors (Lipinski definition) is 2. The van der Waals surface area contributed by atoms with Gasteiger partial charge in [-0.3, -0.25) is 14.0 Å². The first-order valence-electron chi connectivity index (χ1n) is 8.64. The summed E-state index contributed by atoms with van der Waals surface area (Å²) in [4.78, 5) is 21.1. The number of thiophene rings is 1. The van der Waals surface area contributed by atoms with Gasteiger partial charge in [0.25, 0.3) is 5.91 Å². The fourth-order valence-corrected chi connectivity index (χ4v) is 5.77. The molecule has 0 spiro atoms. The Bertz CT molecular complexity index is 1070. The van der Waals surface area contributed by atoms with Crippen molar-refractivity contribution in [3.05, 3.63) is 44.7 Å². The average molecular weight is 479 g/mol. The molecule has 12 heteroatoms. The zero-order chi connectivity index (χ0) is 22.5. The quantitative estimate of drug-likeness (QED) is 0.691. The van der Waals surface area contributed by atoms with Crippen LogP contribution >= 0.6 is 22.9 Å². The highest BCUT2D eigenvalue weighted by Gasteiger charge is 2.44. The van der Waals surface area contributed by atoms with E-state index in [1.54, 1.807) is 20.8 Å². The van der Waals surface area contributed by atoms with Gasteiger partial charge < -0.3 is 11.1 Å². The van der Waals surface area contributed by atoms with Crippen molar-refractivity contribution in [1.82, 2.24) is 4.98 Å². The van der Waals surface area contributed by atoms with Crippen LogP contribution in [0, 0.1) is 0 Å². The van der Waals surface area contributed by atoms with Crippen LogP contribution in [0.5, 0.6) is 0 Å². The summed E-state index contributed by atoms with van der Waals surface area (Å²) >= 11 is 7.34. The van der Waals surface area contributed by atoms with Crippen LogP contribution in [-0.2, 0) is 22.5 Å². The summed E-state index contributed by atoms with van der Waals surface area (Å²) < 4.78 is 50.3. The van der Waals surface area contributed by atoms with E-state index in [-0.39, 0.29) is 27.3 Å². The Kier molecular flexibility index (Phi) is 5.76. The second-order valence-electron chi connectivity index (χ2n) is 7.42. The Morgan fingerprint density at radius 1 is 1.33 bits per heavy atom. The number of rotatable bonds is 3. The standard InChI is InChI=1S/C18H18ClF3N4O2S2/c1-16(2)15(23)26-17(3,8-30(16)28)13-9(19)7-10(29-13)14(27)25-12-6-4-5-11(24-12)18(20,21)22/h4-7H,8H2,1-3H3,(H2,23,26)(H,24,25,27)/t17-,30?/m0/s1. The van der Waals surface area contributed by atoms with Gasteiger partial charge in [0.2, 0.25) is 0 Å². The van der Waals surface area contributed by atoms with Crippen LogP contribution in [0.25, 0.3) is 0 Å². The minimum Gasteiger partial charge on any atom is -0.386 e. The topological polar surface area (TPSA) is 97.4 Å². The highest BCUT2D eigenvalue weighted by Crippen LogP contribution is 2.42. The molecule has 2 aromatic heterocycles. The Balaban J connectivity index is 1.89. The van der Waals surface area contributed by atoms with Crippen LogP contribution in [0.3, 0.4) is 0 Å². The predicted molar refractivity (Wildman–Crippen MR) is 113 cm³/mol. The average Bonchev–Trinajstić information content (AvgIpc) is 3.02. The van der Waals surface area contributed by atoms with E-state index in [0.717, 1.165) is 23.5 Å². The Labute approximate surface area is 182 Å². The zero-order valence-corrected chi connectivity index (χ0v) is 18.5. The van der Waals surface area contributed by atoms with Crippen molar-refractivity contribution in [3.63, 3.8) is 0 Å². The molecular weight excluding hydrogens is 461 g/mol. The number of pyridine rings is 1. The van der Waals surface area contributed by atoms with Gasteiger partial charge in [-0.15, -0.1) is 11.3 Å². The number of aliphatic imine (C=N–C) groups is 1. The second kappa shape index (κ2) is 7.61. The minimum atomic E-state index is -4.63. The van der Waals surface area contributed by atoms with E-state index >= 15 is 0 Å². The van der Waals surface area contributed by atoms with Crippen LogP contribution in [0.2, 0.25) is 5.02 Å². The predicted octanol–water partition coefficient (Wildman–Crippen LogP) is 4.18. The zero-order valence-electron chi connectivity index (χ0n) is 16.1. The normalized spacial score (nSPS) is 23.7. The summed E-state index contributed by atoms with van der Waals surface area (Å²) in [6.07, 6.45) is -4.63. The summed E-state index contributed by atoms with van der Waals surface area (Å²) in [6.45, 7) is 5.19. The molecule has 3 rings (SSSR count). The summed E-state index contributed by atoms with van der Waals surface area (Å²) in [7, 11) is -1.33. The molecule has 30 heavy (non-hydrogen) atoms. The molecule has 3 N–H and O–H groups in total. The highest BCUT2D eigenvalue weighted by atomic mass is 35.5. The lowest BCUT2D eigenvalue weighted by Gasteiger charge is -2.36. The summed E-state index contributed by atoms with van der Waals surface area (Å²) in [5.74, 6) is -0.525. The molecular formula is C18H18ClF3N4O2S2. The number of halogens is 4. The van der Waals surface area contributed by atoms with Crippen molar-refractivity contribution in [3.8, 4) is 0 Å². The van der Waals surface area contributed by atoms with Gasteiger partial charge in [-0.25, -0.2) is 4.98 Å². The third-order valence-electron chi connectivity index (χ3n) is 4.65. The lowest BCUT2D eigenvalue weighted by atomic mass is 10.0. The van der Waals surface area contributed by atoms with Crippen LogP contribution < -0.4 is 11.1 Å². The molecule has 2 atom stereocenters. The molecule has 2 aromatic rings. The molecule has 0 aliphatic carbocycles. The molecule has 0 radical (unpaired) electrons. The van der Waals surface area contributed by atoms with Gasteiger partial charge in [0.1, 0.15) is 22.9 Å². The number of nitrogens with zero attached hydrogens (tertiary/aromatic N) is 2. The number of aromatic nitrogens is 1. The largest absolute Gasteiger partial charge is 0.433 e. The number of amides is 1. The van der Waals surface area contributed by atoms with Crippen molar-refractivity contribution in [2.45, 2.75) is 37.2 Å². The smallest absolute Gasteiger partial charge is 0.386 e. The van der Waals surface area contributed by atoms with E-state index in [4.69, 9.17) is 17.3 Å². The molecule has 3 heterocycles. The number of carbonyl (C=O) groups is 1. The fourth-order valence-electron chi connectivity index (χ4n) is 2.79. The number of hydrogen-bond acceptors (Lipinski definition) is 6. The van der Waals surface area contributed by atoms with Gasteiger partial charge in [0, 0.05) is 10.8 Å². The molecule has 0 aromatic carbocycles. The summed E-state index contributed by atoms with van der Waals surface area (Å²) in [5, 5.41) is 2.57. The van der Waals surface area contributed by atoms with E-state index in [9.17, 15) is 22.2 Å². The minimum absolute atomic E-state index is 0.153. The van der Waals surface area contributed by atoms with E-state index < -0.39 is 38.9 Å². The Hall–Kier alpha value is -1.98. The third-order valence-corrected chi connectivity index (χ3v) is 8.62. The molecule has 0 saturated carbocycles. The van der Waals surface area contributed by atoms with E-state index in [1.807, 2.05) is 0 Å². The van der Waals surface area contributed by atoms with Gasteiger partial charge in [0.05, 0.1) is 25.3 Å². The molecule has 1 aliphatic heterocycles. The molecule has 162 valence electrons.